The Morgan fingerprint density at radius 3 is 2.58 bits per heavy atom. The molecule has 0 atom stereocenters. The van der Waals surface area contributed by atoms with Crippen molar-refractivity contribution in [1.29, 1.82) is 0 Å². The van der Waals surface area contributed by atoms with Crippen molar-refractivity contribution < 1.29 is 13.9 Å². The molecule has 0 aliphatic carbocycles. The van der Waals surface area contributed by atoms with E-state index >= 15 is 0 Å². The van der Waals surface area contributed by atoms with E-state index in [1.165, 1.54) is 23.9 Å². The van der Waals surface area contributed by atoms with Crippen molar-refractivity contribution in [3.8, 4) is 22.9 Å². The van der Waals surface area contributed by atoms with Crippen LogP contribution in [0.25, 0.3) is 11.4 Å². The van der Waals surface area contributed by atoms with Crippen molar-refractivity contribution in [2.75, 3.05) is 14.2 Å². The molecule has 0 aliphatic rings. The van der Waals surface area contributed by atoms with E-state index in [0.29, 0.717) is 22.5 Å². The molecule has 5 nitrogen and oxygen atoms in total. The molecule has 7 heteroatoms. The zero-order valence-electron chi connectivity index (χ0n) is 13.2. The molecule has 24 heavy (non-hydrogen) atoms. The molecule has 0 saturated heterocycles. The summed E-state index contributed by atoms with van der Waals surface area (Å²) in [6.07, 6.45) is 0. The van der Waals surface area contributed by atoms with Gasteiger partial charge in [-0.25, -0.2) is 9.37 Å². The predicted octanol–water partition coefficient (Wildman–Crippen LogP) is 3.92. The highest BCUT2D eigenvalue weighted by atomic mass is 32.2. The maximum Gasteiger partial charge on any atom is 0.209 e. The zero-order valence-corrected chi connectivity index (χ0v) is 14.1. The second-order valence-corrected chi connectivity index (χ2v) is 5.88. The summed E-state index contributed by atoms with van der Waals surface area (Å²) in [6.45, 7) is 0. The lowest BCUT2D eigenvalue weighted by atomic mass is 10.2. The van der Waals surface area contributed by atoms with Gasteiger partial charge in [0, 0.05) is 16.9 Å². The number of rotatable bonds is 6. The molecule has 0 fully saturated rings. The highest BCUT2D eigenvalue weighted by Crippen LogP contribution is 2.28. The predicted molar refractivity (Wildman–Crippen MR) is 90.9 cm³/mol. The molecular weight excluding hydrogens is 329 g/mol. The Morgan fingerprint density at radius 2 is 1.88 bits per heavy atom. The molecule has 0 radical (unpaired) electrons. The summed E-state index contributed by atoms with van der Waals surface area (Å²) in [5, 5.41) is 7.69. The molecule has 0 bridgehead atoms. The maximum atomic E-state index is 13.4. The first kappa shape index (κ1) is 16.3. The molecule has 0 unspecified atom stereocenters. The van der Waals surface area contributed by atoms with Gasteiger partial charge in [-0.15, -0.1) is 5.10 Å². The van der Waals surface area contributed by atoms with Crippen LogP contribution in [-0.2, 0) is 5.75 Å². The Morgan fingerprint density at radius 1 is 1.08 bits per heavy atom. The average Bonchev–Trinajstić information content (AvgIpc) is 3.09. The molecule has 2 aromatic carbocycles. The van der Waals surface area contributed by atoms with Crippen molar-refractivity contribution >= 4 is 11.8 Å². The number of hydrogen-bond acceptors (Lipinski definition) is 5. The van der Waals surface area contributed by atoms with Crippen molar-refractivity contribution in [3.63, 3.8) is 0 Å². The van der Waals surface area contributed by atoms with Crippen LogP contribution in [0, 0.1) is 5.82 Å². The fourth-order valence-corrected chi connectivity index (χ4v) is 2.97. The number of methoxy groups -OCH3 is 2. The van der Waals surface area contributed by atoms with Gasteiger partial charge in [0.25, 0.3) is 0 Å². The Kier molecular flexibility index (Phi) is 5.00. The number of H-pyrrole nitrogens is 1. The number of aromatic amines is 1. The minimum absolute atomic E-state index is 0.291. The average molecular weight is 345 g/mol. The van der Waals surface area contributed by atoms with Crippen molar-refractivity contribution in [1.82, 2.24) is 15.2 Å². The minimum Gasteiger partial charge on any atom is -0.497 e. The van der Waals surface area contributed by atoms with Crippen LogP contribution in [0.2, 0.25) is 0 Å². The third-order valence-electron chi connectivity index (χ3n) is 3.43. The molecular formula is C17H16FN3O2S. The van der Waals surface area contributed by atoms with Crippen LogP contribution in [-0.4, -0.2) is 29.4 Å². The number of halogens is 1. The third-order valence-corrected chi connectivity index (χ3v) is 4.32. The van der Waals surface area contributed by atoms with Crippen LogP contribution < -0.4 is 9.47 Å². The number of thioether (sulfide) groups is 1. The minimum atomic E-state index is -0.291. The molecule has 1 heterocycles. The first-order valence-corrected chi connectivity index (χ1v) is 8.20. The van der Waals surface area contributed by atoms with Gasteiger partial charge in [-0.1, -0.05) is 11.8 Å². The summed E-state index contributed by atoms with van der Waals surface area (Å²) >= 11 is 1.41. The van der Waals surface area contributed by atoms with Crippen LogP contribution in [0.5, 0.6) is 11.5 Å². The van der Waals surface area contributed by atoms with E-state index in [1.807, 2.05) is 24.3 Å². The Balaban J connectivity index is 1.71. The second-order valence-electron chi connectivity index (χ2n) is 4.94. The maximum absolute atomic E-state index is 13.4. The third kappa shape index (κ3) is 3.68. The SMILES string of the molecule is COc1ccc(-c2nc(SCc3cc(F)ccc3OC)n[nH]2)cc1. The molecule has 0 spiro atoms. The van der Waals surface area contributed by atoms with Crippen LogP contribution in [0.4, 0.5) is 4.39 Å². The summed E-state index contributed by atoms with van der Waals surface area (Å²) in [6, 6.07) is 12.0. The summed E-state index contributed by atoms with van der Waals surface area (Å²) in [7, 11) is 3.19. The lowest BCUT2D eigenvalue weighted by Crippen LogP contribution is -1.92. The van der Waals surface area contributed by atoms with E-state index < -0.39 is 0 Å². The van der Waals surface area contributed by atoms with Gasteiger partial charge in [0.1, 0.15) is 17.3 Å². The lowest BCUT2D eigenvalue weighted by molar-refractivity contribution is 0.410. The fraction of sp³-hybridized carbons (Fsp3) is 0.176. The molecule has 0 amide bonds. The van der Waals surface area contributed by atoms with E-state index in [1.54, 1.807) is 20.3 Å². The first-order valence-electron chi connectivity index (χ1n) is 7.21. The Hall–Kier alpha value is -2.54. The standard InChI is InChI=1S/C17H16FN3O2S/c1-22-14-6-3-11(4-7-14)16-19-17(21-20-16)24-10-12-9-13(18)5-8-15(12)23-2/h3-9H,10H2,1-2H3,(H,19,20,21). The molecule has 1 aromatic heterocycles. The summed E-state index contributed by atoms with van der Waals surface area (Å²) < 4.78 is 23.8. The quantitative estimate of drug-likeness (QED) is 0.686. The van der Waals surface area contributed by atoms with E-state index in [4.69, 9.17) is 9.47 Å². The van der Waals surface area contributed by atoms with Crippen LogP contribution in [0.3, 0.4) is 0 Å². The van der Waals surface area contributed by atoms with Gasteiger partial charge in [0.15, 0.2) is 5.82 Å². The second kappa shape index (κ2) is 7.35. The highest BCUT2D eigenvalue weighted by Gasteiger charge is 2.10. The molecule has 124 valence electrons. The van der Waals surface area contributed by atoms with Crippen LogP contribution >= 0.6 is 11.8 Å². The van der Waals surface area contributed by atoms with Crippen molar-refractivity contribution in [3.05, 3.63) is 53.8 Å². The van der Waals surface area contributed by atoms with Gasteiger partial charge >= 0.3 is 0 Å². The molecule has 3 aromatic rings. The molecule has 3 rings (SSSR count). The normalized spacial score (nSPS) is 10.6. The Bertz CT molecular complexity index is 821. The van der Waals surface area contributed by atoms with Crippen molar-refractivity contribution in [2.45, 2.75) is 10.9 Å². The van der Waals surface area contributed by atoms with Crippen molar-refractivity contribution in [2.24, 2.45) is 0 Å². The van der Waals surface area contributed by atoms with Gasteiger partial charge in [-0.05, 0) is 42.5 Å². The monoisotopic (exact) mass is 345 g/mol. The summed E-state index contributed by atoms with van der Waals surface area (Å²) in [5.74, 6) is 2.33. The first-order chi connectivity index (χ1) is 11.7. The van der Waals surface area contributed by atoms with Gasteiger partial charge in [0.05, 0.1) is 14.2 Å². The van der Waals surface area contributed by atoms with Gasteiger partial charge < -0.3 is 9.47 Å². The molecule has 1 N–H and O–H groups in total. The van der Waals surface area contributed by atoms with E-state index in [-0.39, 0.29) is 5.82 Å². The summed E-state index contributed by atoms with van der Waals surface area (Å²) in [4.78, 5) is 4.45. The van der Waals surface area contributed by atoms with Gasteiger partial charge in [-0.3, -0.25) is 5.10 Å². The van der Waals surface area contributed by atoms with Gasteiger partial charge in [0.2, 0.25) is 5.16 Å². The van der Waals surface area contributed by atoms with E-state index in [9.17, 15) is 4.39 Å². The number of nitrogens with zero attached hydrogens (tertiary/aromatic N) is 2. The van der Waals surface area contributed by atoms with E-state index in [2.05, 4.69) is 15.2 Å². The Labute approximate surface area is 143 Å². The number of nitrogens with one attached hydrogen (secondary N) is 1. The zero-order chi connectivity index (χ0) is 16.9. The number of hydrogen-bond donors (Lipinski definition) is 1. The highest BCUT2D eigenvalue weighted by molar-refractivity contribution is 7.98. The number of aromatic nitrogens is 3. The molecule has 0 aliphatic heterocycles. The van der Waals surface area contributed by atoms with Crippen LogP contribution in [0.1, 0.15) is 5.56 Å². The van der Waals surface area contributed by atoms with Crippen LogP contribution in [0.15, 0.2) is 47.6 Å². The smallest absolute Gasteiger partial charge is 0.209 e. The summed E-state index contributed by atoms with van der Waals surface area (Å²) in [5.41, 5.74) is 1.68. The van der Waals surface area contributed by atoms with Gasteiger partial charge in [-0.2, -0.15) is 0 Å². The number of ether oxygens (including phenoxy) is 2. The number of benzene rings is 2. The molecule has 0 saturated carbocycles. The fourth-order valence-electron chi connectivity index (χ4n) is 2.19. The van der Waals surface area contributed by atoms with E-state index in [0.717, 1.165) is 16.9 Å². The largest absolute Gasteiger partial charge is 0.497 e. The lowest BCUT2D eigenvalue weighted by Gasteiger charge is -2.06. The topological polar surface area (TPSA) is 60.0 Å².